The van der Waals surface area contributed by atoms with E-state index in [4.69, 9.17) is 9.52 Å². The van der Waals surface area contributed by atoms with E-state index < -0.39 is 11.6 Å². The molecule has 1 aliphatic rings. The molecule has 0 amide bonds. The highest BCUT2D eigenvalue weighted by molar-refractivity contribution is 5.86. The molecule has 82 valence electrons. The largest absolute Gasteiger partial charge is 0.475 e. The van der Waals surface area contributed by atoms with Crippen molar-refractivity contribution in [1.29, 1.82) is 0 Å². The molecule has 1 aromatic heterocycles. The first kappa shape index (κ1) is 10.2. The van der Waals surface area contributed by atoms with Crippen molar-refractivity contribution < 1.29 is 19.4 Å². The summed E-state index contributed by atoms with van der Waals surface area (Å²) in [7, 11) is 0. The maximum absolute atomic E-state index is 10.7. The molecule has 1 aromatic rings. The number of rotatable bonds is 3. The van der Waals surface area contributed by atoms with Crippen molar-refractivity contribution >= 4 is 5.97 Å². The van der Waals surface area contributed by atoms with Crippen molar-refractivity contribution in [3.05, 3.63) is 23.7 Å². The van der Waals surface area contributed by atoms with Crippen LogP contribution in [0.4, 0.5) is 0 Å². The summed E-state index contributed by atoms with van der Waals surface area (Å²) in [5.74, 6) is -1.07. The monoisotopic (exact) mass is 211 g/mol. The summed E-state index contributed by atoms with van der Waals surface area (Å²) in [4.78, 5) is 12.7. The lowest BCUT2D eigenvalue weighted by Gasteiger charge is -2.44. The SMILES string of the molecule is CC1(O)CN(Cc2ccoc2C(=O)O)C1. The average Bonchev–Trinajstić information content (AvgIpc) is 2.48. The van der Waals surface area contributed by atoms with Gasteiger partial charge in [-0.15, -0.1) is 0 Å². The van der Waals surface area contributed by atoms with Crippen molar-refractivity contribution in [1.82, 2.24) is 4.90 Å². The van der Waals surface area contributed by atoms with E-state index in [1.807, 2.05) is 4.90 Å². The Morgan fingerprint density at radius 3 is 2.87 bits per heavy atom. The fourth-order valence-electron chi connectivity index (χ4n) is 1.92. The summed E-state index contributed by atoms with van der Waals surface area (Å²) >= 11 is 0. The lowest BCUT2D eigenvalue weighted by atomic mass is 9.96. The first-order chi connectivity index (χ1) is 6.98. The first-order valence-corrected chi connectivity index (χ1v) is 4.72. The number of carboxylic acid groups (broad SMARTS) is 1. The van der Waals surface area contributed by atoms with Crippen LogP contribution in [-0.4, -0.2) is 39.8 Å². The molecule has 0 unspecified atom stereocenters. The highest BCUT2D eigenvalue weighted by atomic mass is 16.4. The van der Waals surface area contributed by atoms with Gasteiger partial charge in [0.05, 0.1) is 11.9 Å². The van der Waals surface area contributed by atoms with Crippen LogP contribution in [0.1, 0.15) is 23.0 Å². The number of hydrogen-bond donors (Lipinski definition) is 2. The fraction of sp³-hybridized carbons (Fsp3) is 0.500. The second-order valence-electron chi connectivity index (χ2n) is 4.22. The molecule has 5 heteroatoms. The van der Waals surface area contributed by atoms with Crippen LogP contribution in [0.3, 0.4) is 0 Å². The summed E-state index contributed by atoms with van der Waals surface area (Å²) < 4.78 is 4.86. The molecule has 0 radical (unpaired) electrons. The second-order valence-corrected chi connectivity index (χ2v) is 4.22. The maximum atomic E-state index is 10.7. The van der Waals surface area contributed by atoms with Crippen LogP contribution in [0.25, 0.3) is 0 Å². The first-order valence-electron chi connectivity index (χ1n) is 4.72. The van der Waals surface area contributed by atoms with E-state index >= 15 is 0 Å². The molecule has 1 aliphatic heterocycles. The quantitative estimate of drug-likeness (QED) is 0.763. The van der Waals surface area contributed by atoms with E-state index in [0.29, 0.717) is 25.2 Å². The minimum absolute atomic E-state index is 0.0125. The Labute approximate surface area is 86.9 Å². The Morgan fingerprint density at radius 2 is 2.33 bits per heavy atom. The molecular weight excluding hydrogens is 198 g/mol. The topological polar surface area (TPSA) is 73.9 Å². The van der Waals surface area contributed by atoms with Gasteiger partial charge in [-0.05, 0) is 13.0 Å². The lowest BCUT2D eigenvalue weighted by Crippen LogP contribution is -2.59. The third-order valence-electron chi connectivity index (χ3n) is 2.46. The summed E-state index contributed by atoms with van der Waals surface area (Å²) in [5, 5.41) is 18.3. The number of aliphatic hydroxyl groups is 1. The molecule has 1 saturated heterocycles. The van der Waals surface area contributed by atoms with Gasteiger partial charge in [0.2, 0.25) is 5.76 Å². The predicted octanol–water partition coefficient (Wildman–Crippen LogP) is 0.544. The molecule has 0 aliphatic carbocycles. The molecule has 5 nitrogen and oxygen atoms in total. The zero-order valence-corrected chi connectivity index (χ0v) is 8.43. The van der Waals surface area contributed by atoms with Crippen LogP contribution in [-0.2, 0) is 6.54 Å². The van der Waals surface area contributed by atoms with E-state index in [1.165, 1.54) is 6.26 Å². The summed E-state index contributed by atoms with van der Waals surface area (Å²) in [6.45, 7) is 3.40. The Bertz CT molecular complexity index is 375. The Hall–Kier alpha value is -1.33. The normalized spacial score (nSPS) is 19.9. The fourth-order valence-corrected chi connectivity index (χ4v) is 1.92. The summed E-state index contributed by atoms with van der Waals surface area (Å²) in [6.07, 6.45) is 1.37. The average molecular weight is 211 g/mol. The number of likely N-dealkylation sites (tertiary alicyclic amines) is 1. The molecule has 0 bridgehead atoms. The Balaban J connectivity index is 2.00. The molecule has 2 N–H and O–H groups in total. The van der Waals surface area contributed by atoms with Gasteiger partial charge in [-0.2, -0.15) is 0 Å². The lowest BCUT2D eigenvalue weighted by molar-refractivity contribution is -0.0872. The third-order valence-corrected chi connectivity index (χ3v) is 2.46. The van der Waals surface area contributed by atoms with Gasteiger partial charge >= 0.3 is 5.97 Å². The number of nitrogens with zero attached hydrogens (tertiary/aromatic N) is 1. The minimum atomic E-state index is -1.05. The van der Waals surface area contributed by atoms with Gasteiger partial charge in [0.25, 0.3) is 0 Å². The van der Waals surface area contributed by atoms with Crippen molar-refractivity contribution in [3.63, 3.8) is 0 Å². The molecular formula is C10H13NO4. The summed E-state index contributed by atoms with van der Waals surface area (Å²) in [6, 6.07) is 1.65. The number of hydrogen-bond acceptors (Lipinski definition) is 4. The highest BCUT2D eigenvalue weighted by Crippen LogP contribution is 2.23. The maximum Gasteiger partial charge on any atom is 0.372 e. The molecule has 2 rings (SSSR count). The highest BCUT2D eigenvalue weighted by Gasteiger charge is 2.36. The van der Waals surface area contributed by atoms with Gasteiger partial charge in [-0.1, -0.05) is 0 Å². The third kappa shape index (κ3) is 2.03. The van der Waals surface area contributed by atoms with Gasteiger partial charge < -0.3 is 14.6 Å². The number of aromatic carboxylic acids is 1. The van der Waals surface area contributed by atoms with Crippen LogP contribution in [0.2, 0.25) is 0 Å². The number of furan rings is 1. The van der Waals surface area contributed by atoms with Crippen LogP contribution in [0, 0.1) is 0 Å². The van der Waals surface area contributed by atoms with Crippen molar-refractivity contribution in [2.75, 3.05) is 13.1 Å². The van der Waals surface area contributed by atoms with E-state index in [0.717, 1.165) is 0 Å². The Kier molecular flexibility index (Phi) is 2.28. The smallest absolute Gasteiger partial charge is 0.372 e. The Morgan fingerprint density at radius 1 is 1.67 bits per heavy atom. The van der Waals surface area contributed by atoms with Crippen molar-refractivity contribution in [2.24, 2.45) is 0 Å². The van der Waals surface area contributed by atoms with Gasteiger partial charge in [-0.3, -0.25) is 4.90 Å². The zero-order valence-electron chi connectivity index (χ0n) is 8.43. The predicted molar refractivity (Wildman–Crippen MR) is 51.6 cm³/mol. The van der Waals surface area contributed by atoms with Crippen molar-refractivity contribution in [3.8, 4) is 0 Å². The number of β-amino-alcohol motifs (C(OH)–C–C–N with tert-alkyl or cyclic N) is 1. The van der Waals surface area contributed by atoms with Gasteiger partial charge in [-0.25, -0.2) is 4.79 Å². The molecule has 0 atom stereocenters. The number of carboxylic acids is 1. The van der Waals surface area contributed by atoms with Crippen LogP contribution in [0.15, 0.2) is 16.7 Å². The molecule has 0 saturated carbocycles. The molecule has 0 aromatic carbocycles. The van der Waals surface area contributed by atoms with Crippen LogP contribution < -0.4 is 0 Å². The van der Waals surface area contributed by atoms with Crippen molar-refractivity contribution in [2.45, 2.75) is 19.1 Å². The molecule has 0 spiro atoms. The molecule has 1 fully saturated rings. The van der Waals surface area contributed by atoms with Gasteiger partial charge in [0.1, 0.15) is 0 Å². The minimum Gasteiger partial charge on any atom is -0.475 e. The van der Waals surface area contributed by atoms with E-state index in [2.05, 4.69) is 0 Å². The van der Waals surface area contributed by atoms with Crippen LogP contribution >= 0.6 is 0 Å². The molecule has 15 heavy (non-hydrogen) atoms. The van der Waals surface area contributed by atoms with Crippen LogP contribution in [0.5, 0.6) is 0 Å². The molecule has 2 heterocycles. The van der Waals surface area contributed by atoms with E-state index in [-0.39, 0.29) is 5.76 Å². The summed E-state index contributed by atoms with van der Waals surface area (Å²) in [5.41, 5.74) is 0.0191. The second kappa shape index (κ2) is 3.36. The number of carbonyl (C=O) groups is 1. The van der Waals surface area contributed by atoms with Gasteiger partial charge in [0, 0.05) is 25.2 Å². The van der Waals surface area contributed by atoms with E-state index in [1.54, 1.807) is 13.0 Å². The zero-order chi connectivity index (χ0) is 11.1. The standard InChI is InChI=1S/C10H13NO4/c1-10(14)5-11(6-10)4-7-2-3-15-8(7)9(12)13/h2-3,14H,4-6H2,1H3,(H,12,13). The van der Waals surface area contributed by atoms with E-state index in [9.17, 15) is 9.90 Å². The van der Waals surface area contributed by atoms with Gasteiger partial charge in [0.15, 0.2) is 0 Å².